The van der Waals surface area contributed by atoms with Crippen LogP contribution >= 0.6 is 0 Å². The lowest BCUT2D eigenvalue weighted by atomic mass is 10.2. The van der Waals surface area contributed by atoms with Crippen molar-refractivity contribution >= 4 is 11.9 Å². The molecule has 18 heavy (non-hydrogen) atoms. The summed E-state index contributed by atoms with van der Waals surface area (Å²) in [6.45, 7) is 6.21. The monoisotopic (exact) mass is 253 g/mol. The largest absolute Gasteiger partial charge is 0.469 e. The molecule has 1 aromatic rings. The normalized spacial score (nSPS) is 10.2. The molecule has 0 saturated heterocycles. The zero-order valence-electron chi connectivity index (χ0n) is 11.1. The van der Waals surface area contributed by atoms with Crippen LogP contribution < -0.4 is 0 Å². The molecule has 1 rings (SSSR count). The van der Waals surface area contributed by atoms with E-state index in [1.54, 1.807) is 13.0 Å². The molecule has 0 unspecified atom stereocenters. The molecule has 1 amide bonds. The maximum atomic E-state index is 12.2. The van der Waals surface area contributed by atoms with Crippen molar-refractivity contribution in [1.82, 2.24) is 4.90 Å². The van der Waals surface area contributed by atoms with Crippen molar-refractivity contribution < 1.29 is 18.7 Å². The highest BCUT2D eigenvalue weighted by Crippen LogP contribution is 2.14. The van der Waals surface area contributed by atoms with Gasteiger partial charge >= 0.3 is 5.97 Å². The van der Waals surface area contributed by atoms with Crippen LogP contribution in [0.15, 0.2) is 16.7 Å². The van der Waals surface area contributed by atoms with E-state index in [0.717, 1.165) is 0 Å². The first-order valence-corrected chi connectivity index (χ1v) is 6.15. The van der Waals surface area contributed by atoms with Crippen molar-refractivity contribution in [3.8, 4) is 0 Å². The summed E-state index contributed by atoms with van der Waals surface area (Å²) >= 11 is 0. The summed E-state index contributed by atoms with van der Waals surface area (Å²) < 4.78 is 10.1. The van der Waals surface area contributed by atoms with Gasteiger partial charge in [0.1, 0.15) is 12.3 Å². The zero-order valence-corrected chi connectivity index (χ0v) is 11.1. The van der Waals surface area contributed by atoms with Gasteiger partial charge in [-0.05, 0) is 19.9 Å². The Kier molecular flexibility index (Phi) is 5.42. The van der Waals surface area contributed by atoms with Crippen molar-refractivity contribution in [2.45, 2.75) is 27.2 Å². The van der Waals surface area contributed by atoms with E-state index in [2.05, 4.69) is 0 Å². The van der Waals surface area contributed by atoms with Gasteiger partial charge in [0, 0.05) is 13.0 Å². The van der Waals surface area contributed by atoms with Crippen molar-refractivity contribution in [2.24, 2.45) is 0 Å². The summed E-state index contributed by atoms with van der Waals surface area (Å²) in [4.78, 5) is 25.1. The molecule has 0 saturated carbocycles. The number of likely N-dealkylation sites (N-methyl/N-ethyl adjacent to an activating group) is 1. The maximum absolute atomic E-state index is 12.2. The number of nitrogens with zero attached hydrogens (tertiary/aromatic N) is 1. The smallest absolute Gasteiger partial charge is 0.325 e. The summed E-state index contributed by atoms with van der Waals surface area (Å²) in [6.07, 6.45) is 2.13. The Hall–Kier alpha value is -1.78. The minimum absolute atomic E-state index is 0.0303. The van der Waals surface area contributed by atoms with Crippen LogP contribution in [0.3, 0.4) is 0 Å². The van der Waals surface area contributed by atoms with Gasteiger partial charge in [0.15, 0.2) is 0 Å². The number of carbonyl (C=O) groups is 2. The molecule has 0 radical (unpaired) electrons. The Morgan fingerprint density at radius 3 is 2.61 bits per heavy atom. The number of aryl methyl sites for hydroxylation is 1. The first kappa shape index (κ1) is 14.3. The van der Waals surface area contributed by atoms with Crippen molar-refractivity contribution in [1.29, 1.82) is 0 Å². The molecule has 1 heterocycles. The Morgan fingerprint density at radius 2 is 2.06 bits per heavy atom. The average molecular weight is 253 g/mol. The molecule has 0 aliphatic heterocycles. The molecule has 0 fully saturated rings. The first-order valence-electron chi connectivity index (χ1n) is 6.15. The number of amides is 1. The Morgan fingerprint density at radius 1 is 1.33 bits per heavy atom. The van der Waals surface area contributed by atoms with Gasteiger partial charge in [-0.15, -0.1) is 0 Å². The van der Waals surface area contributed by atoms with E-state index in [1.165, 1.54) is 11.2 Å². The van der Waals surface area contributed by atoms with Crippen LogP contribution in [0, 0.1) is 0 Å². The number of carbonyl (C=O) groups excluding carboxylic acids is 2. The van der Waals surface area contributed by atoms with Gasteiger partial charge in [-0.1, -0.05) is 6.92 Å². The Labute approximate surface area is 107 Å². The van der Waals surface area contributed by atoms with Crippen molar-refractivity contribution in [3.63, 3.8) is 0 Å². The number of ether oxygens (including phenoxy) is 1. The number of hydrogen-bond acceptors (Lipinski definition) is 4. The summed E-state index contributed by atoms with van der Waals surface area (Å²) in [6, 6.07) is 1.63. The van der Waals surface area contributed by atoms with Crippen LogP contribution in [0.4, 0.5) is 0 Å². The standard InChI is InChI=1S/C13H19NO4/c1-4-11-10(7-8-18-11)13(16)14(5-2)9-12(15)17-6-3/h7-8H,4-6,9H2,1-3H3. The van der Waals surface area contributed by atoms with Gasteiger partial charge in [0.25, 0.3) is 5.91 Å². The first-order chi connectivity index (χ1) is 8.63. The minimum Gasteiger partial charge on any atom is -0.469 e. The van der Waals surface area contributed by atoms with Crippen LogP contribution in [0.1, 0.15) is 36.9 Å². The second-order valence-corrected chi connectivity index (χ2v) is 3.74. The van der Waals surface area contributed by atoms with Crippen molar-refractivity contribution in [3.05, 3.63) is 23.7 Å². The molecular formula is C13H19NO4. The zero-order chi connectivity index (χ0) is 13.5. The van der Waals surface area contributed by atoms with Crippen LogP contribution in [-0.2, 0) is 16.0 Å². The van der Waals surface area contributed by atoms with E-state index >= 15 is 0 Å². The molecule has 1 aromatic heterocycles. The predicted octanol–water partition coefficient (Wildman–Crippen LogP) is 1.87. The molecule has 0 N–H and O–H groups in total. The van der Waals surface area contributed by atoms with E-state index in [0.29, 0.717) is 30.9 Å². The van der Waals surface area contributed by atoms with Crippen LogP contribution in [0.5, 0.6) is 0 Å². The highest BCUT2D eigenvalue weighted by molar-refractivity contribution is 5.96. The van der Waals surface area contributed by atoms with Crippen molar-refractivity contribution in [2.75, 3.05) is 19.7 Å². The third kappa shape index (κ3) is 3.35. The number of esters is 1. The Bertz CT molecular complexity index is 411. The minimum atomic E-state index is -0.394. The number of furan rings is 1. The highest BCUT2D eigenvalue weighted by Gasteiger charge is 2.21. The topological polar surface area (TPSA) is 59.8 Å². The molecule has 100 valence electrons. The fraction of sp³-hybridized carbons (Fsp3) is 0.538. The van der Waals surface area contributed by atoms with E-state index < -0.39 is 5.97 Å². The fourth-order valence-corrected chi connectivity index (χ4v) is 1.66. The van der Waals surface area contributed by atoms with Crippen LogP contribution in [0.2, 0.25) is 0 Å². The predicted molar refractivity (Wildman–Crippen MR) is 66.3 cm³/mol. The molecule has 0 aliphatic carbocycles. The summed E-state index contributed by atoms with van der Waals surface area (Å²) in [5.41, 5.74) is 0.517. The van der Waals surface area contributed by atoms with Gasteiger partial charge in [-0.3, -0.25) is 9.59 Å². The SMILES string of the molecule is CCOC(=O)CN(CC)C(=O)c1ccoc1CC. The molecule has 5 heteroatoms. The molecule has 0 atom stereocenters. The molecule has 5 nitrogen and oxygen atoms in total. The third-order valence-electron chi connectivity index (χ3n) is 2.59. The van der Waals surface area contributed by atoms with E-state index in [4.69, 9.17) is 9.15 Å². The van der Waals surface area contributed by atoms with Gasteiger partial charge in [-0.2, -0.15) is 0 Å². The fourth-order valence-electron chi connectivity index (χ4n) is 1.66. The lowest BCUT2D eigenvalue weighted by Gasteiger charge is -2.19. The number of rotatable bonds is 6. The molecule has 0 spiro atoms. The van der Waals surface area contributed by atoms with Gasteiger partial charge in [0.2, 0.25) is 0 Å². The molecule has 0 aliphatic rings. The molecule has 0 bridgehead atoms. The van der Waals surface area contributed by atoms with Gasteiger partial charge < -0.3 is 14.1 Å². The summed E-state index contributed by atoms with van der Waals surface area (Å²) in [5, 5.41) is 0. The quantitative estimate of drug-likeness (QED) is 0.726. The Balaban J connectivity index is 2.76. The summed E-state index contributed by atoms with van der Waals surface area (Å²) in [5.74, 6) is 0.0488. The van der Waals surface area contributed by atoms with E-state index in [9.17, 15) is 9.59 Å². The third-order valence-corrected chi connectivity index (χ3v) is 2.59. The summed E-state index contributed by atoms with van der Waals surface area (Å²) in [7, 11) is 0. The molecular weight excluding hydrogens is 234 g/mol. The second kappa shape index (κ2) is 6.83. The van der Waals surface area contributed by atoms with Gasteiger partial charge in [0.05, 0.1) is 18.4 Å². The van der Waals surface area contributed by atoms with E-state index in [1.807, 2.05) is 13.8 Å². The lowest BCUT2D eigenvalue weighted by molar-refractivity contribution is -0.143. The van der Waals surface area contributed by atoms with Crippen LogP contribution in [0.25, 0.3) is 0 Å². The molecule has 0 aromatic carbocycles. The second-order valence-electron chi connectivity index (χ2n) is 3.74. The highest BCUT2D eigenvalue weighted by atomic mass is 16.5. The van der Waals surface area contributed by atoms with Crippen LogP contribution in [-0.4, -0.2) is 36.5 Å². The number of hydrogen-bond donors (Lipinski definition) is 0. The van der Waals surface area contributed by atoms with E-state index in [-0.39, 0.29) is 12.5 Å². The maximum Gasteiger partial charge on any atom is 0.325 e. The average Bonchev–Trinajstić information content (AvgIpc) is 2.83. The lowest BCUT2D eigenvalue weighted by Crippen LogP contribution is -2.36. The van der Waals surface area contributed by atoms with Gasteiger partial charge in [-0.25, -0.2) is 0 Å².